The Morgan fingerprint density at radius 3 is 2.75 bits per heavy atom. The van der Waals surface area contributed by atoms with Gasteiger partial charge in [-0.3, -0.25) is 4.79 Å². The molecule has 16 heavy (non-hydrogen) atoms. The van der Waals surface area contributed by atoms with E-state index in [1.54, 1.807) is 12.1 Å². The maximum Gasteiger partial charge on any atom is 0.133 e. The predicted molar refractivity (Wildman–Crippen MR) is 67.3 cm³/mol. The van der Waals surface area contributed by atoms with Crippen molar-refractivity contribution >= 4 is 33.3 Å². The summed E-state index contributed by atoms with van der Waals surface area (Å²) < 4.78 is 14.2. The Morgan fingerprint density at radius 1 is 1.56 bits per heavy atom. The Labute approximate surface area is 108 Å². The van der Waals surface area contributed by atoms with E-state index in [1.165, 1.54) is 13.0 Å². The lowest BCUT2D eigenvalue weighted by Crippen LogP contribution is -2.15. The molecular formula is C12H13BrClFO. The summed E-state index contributed by atoms with van der Waals surface area (Å²) in [5, 5.41) is 0. The van der Waals surface area contributed by atoms with E-state index < -0.39 is 0 Å². The molecule has 1 nitrogen and oxygen atoms in total. The van der Waals surface area contributed by atoms with Gasteiger partial charge in [0.25, 0.3) is 0 Å². The third kappa shape index (κ3) is 3.87. The Hall–Kier alpha value is -0.410. The average Bonchev–Trinajstić information content (AvgIpc) is 2.20. The number of halogens is 3. The smallest absolute Gasteiger partial charge is 0.133 e. The van der Waals surface area contributed by atoms with Gasteiger partial charge in [-0.1, -0.05) is 22.0 Å². The van der Waals surface area contributed by atoms with E-state index in [2.05, 4.69) is 15.9 Å². The molecule has 0 aliphatic heterocycles. The molecule has 0 amide bonds. The number of ketones is 1. The summed E-state index contributed by atoms with van der Waals surface area (Å²) in [7, 11) is 0. The third-order valence-corrected chi connectivity index (χ3v) is 3.23. The summed E-state index contributed by atoms with van der Waals surface area (Å²) in [5.74, 6) is 0.00825. The summed E-state index contributed by atoms with van der Waals surface area (Å²) in [6, 6.07) is 4.88. The minimum absolute atomic E-state index is 0.0583. The molecule has 1 aromatic carbocycles. The van der Waals surface area contributed by atoms with Crippen LogP contribution in [0.2, 0.25) is 0 Å². The maximum absolute atomic E-state index is 13.5. The summed E-state index contributed by atoms with van der Waals surface area (Å²) in [5.41, 5.74) is 0.563. The van der Waals surface area contributed by atoms with Crippen molar-refractivity contribution < 1.29 is 9.18 Å². The van der Waals surface area contributed by atoms with Gasteiger partial charge in [0.15, 0.2) is 0 Å². The van der Waals surface area contributed by atoms with E-state index in [4.69, 9.17) is 11.6 Å². The molecule has 0 bridgehead atoms. The molecule has 0 spiro atoms. The lowest BCUT2D eigenvalue weighted by atomic mass is 9.93. The molecule has 0 fully saturated rings. The largest absolute Gasteiger partial charge is 0.300 e. The van der Waals surface area contributed by atoms with Crippen LogP contribution in [0.4, 0.5) is 4.39 Å². The van der Waals surface area contributed by atoms with Crippen LogP contribution >= 0.6 is 27.5 Å². The van der Waals surface area contributed by atoms with Crippen LogP contribution in [0.15, 0.2) is 22.7 Å². The Kier molecular flexibility index (Phi) is 5.42. The van der Waals surface area contributed by atoms with Crippen molar-refractivity contribution in [2.24, 2.45) is 5.92 Å². The van der Waals surface area contributed by atoms with E-state index in [0.717, 1.165) is 0 Å². The highest BCUT2D eigenvalue weighted by Crippen LogP contribution is 2.20. The fourth-order valence-electron chi connectivity index (χ4n) is 1.53. The van der Waals surface area contributed by atoms with Crippen LogP contribution < -0.4 is 0 Å². The monoisotopic (exact) mass is 306 g/mol. The molecule has 88 valence electrons. The van der Waals surface area contributed by atoms with Gasteiger partial charge in [-0.2, -0.15) is 0 Å². The lowest BCUT2D eigenvalue weighted by molar-refractivity contribution is -0.120. The van der Waals surface area contributed by atoms with Crippen molar-refractivity contribution in [2.75, 3.05) is 5.88 Å². The number of rotatable bonds is 5. The summed E-state index contributed by atoms with van der Waals surface area (Å²) >= 11 is 8.81. The van der Waals surface area contributed by atoms with E-state index in [9.17, 15) is 9.18 Å². The number of Topliss-reactive ketones (excluding diaryl/α,β-unsaturated/α-hetero) is 1. The quantitative estimate of drug-likeness (QED) is 0.752. The van der Waals surface area contributed by atoms with Gasteiger partial charge in [0, 0.05) is 16.3 Å². The first-order valence-corrected chi connectivity index (χ1v) is 6.37. The minimum Gasteiger partial charge on any atom is -0.300 e. The molecule has 4 heteroatoms. The fourth-order valence-corrected chi connectivity index (χ4v) is 2.13. The topological polar surface area (TPSA) is 17.1 Å². The van der Waals surface area contributed by atoms with Crippen molar-refractivity contribution in [1.82, 2.24) is 0 Å². The first kappa shape index (κ1) is 13.7. The summed E-state index contributed by atoms with van der Waals surface area (Å²) in [6.07, 6.45) is 1.01. The van der Waals surface area contributed by atoms with Crippen molar-refractivity contribution in [2.45, 2.75) is 19.8 Å². The molecule has 1 rings (SSSR count). The molecule has 1 atom stereocenters. The zero-order valence-electron chi connectivity index (χ0n) is 8.97. The Morgan fingerprint density at radius 2 is 2.25 bits per heavy atom. The normalized spacial score (nSPS) is 12.5. The standard InChI is InChI=1S/C12H13BrClFO/c1-8(16)9(4-5-14)6-10-2-3-11(13)7-12(10)15/h2-3,7,9H,4-6H2,1H3. The number of hydrogen-bond donors (Lipinski definition) is 0. The molecule has 1 aromatic rings. The molecule has 0 aliphatic carbocycles. The second-order valence-corrected chi connectivity index (χ2v) is 5.02. The fraction of sp³-hybridized carbons (Fsp3) is 0.417. The molecule has 0 saturated heterocycles. The average molecular weight is 308 g/mol. The minimum atomic E-state index is -0.282. The Balaban J connectivity index is 2.81. The molecule has 0 radical (unpaired) electrons. The Bertz CT molecular complexity index is 381. The van der Waals surface area contributed by atoms with Crippen molar-refractivity contribution in [3.63, 3.8) is 0 Å². The van der Waals surface area contributed by atoms with Crippen molar-refractivity contribution in [3.05, 3.63) is 34.1 Å². The zero-order valence-corrected chi connectivity index (χ0v) is 11.3. The van der Waals surface area contributed by atoms with E-state index >= 15 is 0 Å². The van der Waals surface area contributed by atoms with Crippen molar-refractivity contribution in [1.29, 1.82) is 0 Å². The molecule has 0 N–H and O–H groups in total. The van der Waals surface area contributed by atoms with E-state index in [0.29, 0.717) is 28.8 Å². The molecule has 0 heterocycles. The highest BCUT2D eigenvalue weighted by atomic mass is 79.9. The zero-order chi connectivity index (χ0) is 12.1. The molecular weight excluding hydrogens is 294 g/mol. The van der Waals surface area contributed by atoms with Crippen LogP contribution in [-0.2, 0) is 11.2 Å². The maximum atomic E-state index is 13.5. The number of hydrogen-bond acceptors (Lipinski definition) is 1. The van der Waals surface area contributed by atoms with Gasteiger partial charge >= 0.3 is 0 Å². The SMILES string of the molecule is CC(=O)C(CCCl)Cc1ccc(Br)cc1F. The van der Waals surface area contributed by atoms with Crippen LogP contribution in [0.3, 0.4) is 0 Å². The number of carbonyl (C=O) groups is 1. The lowest BCUT2D eigenvalue weighted by Gasteiger charge is -2.12. The first-order chi connectivity index (χ1) is 7.54. The number of benzene rings is 1. The van der Waals surface area contributed by atoms with Crippen LogP contribution in [0.25, 0.3) is 0 Å². The van der Waals surface area contributed by atoms with Crippen LogP contribution in [0, 0.1) is 11.7 Å². The number of carbonyl (C=O) groups excluding carboxylic acids is 1. The summed E-state index contributed by atoms with van der Waals surface area (Å²) in [4.78, 5) is 11.3. The van der Waals surface area contributed by atoms with Crippen LogP contribution in [0.1, 0.15) is 18.9 Å². The highest BCUT2D eigenvalue weighted by Gasteiger charge is 2.16. The molecule has 0 aromatic heterocycles. The van der Waals surface area contributed by atoms with Gasteiger partial charge in [0.2, 0.25) is 0 Å². The van der Waals surface area contributed by atoms with Crippen molar-refractivity contribution in [3.8, 4) is 0 Å². The van der Waals surface area contributed by atoms with Gasteiger partial charge < -0.3 is 0 Å². The van der Waals surface area contributed by atoms with E-state index in [-0.39, 0.29) is 17.5 Å². The van der Waals surface area contributed by atoms with Crippen LogP contribution in [-0.4, -0.2) is 11.7 Å². The van der Waals surface area contributed by atoms with Gasteiger partial charge in [-0.15, -0.1) is 11.6 Å². The molecule has 0 saturated carbocycles. The predicted octanol–water partition coefficient (Wildman–Crippen LogP) is 3.96. The van der Waals surface area contributed by atoms with Gasteiger partial charge in [0.1, 0.15) is 11.6 Å². The van der Waals surface area contributed by atoms with E-state index in [1.807, 2.05) is 0 Å². The van der Waals surface area contributed by atoms with Gasteiger partial charge in [0.05, 0.1) is 0 Å². The second kappa shape index (κ2) is 6.36. The molecule has 0 aliphatic rings. The highest BCUT2D eigenvalue weighted by molar-refractivity contribution is 9.10. The van der Waals surface area contributed by atoms with Crippen LogP contribution in [0.5, 0.6) is 0 Å². The van der Waals surface area contributed by atoms with Gasteiger partial charge in [-0.05, 0) is 37.5 Å². The third-order valence-electron chi connectivity index (χ3n) is 2.51. The second-order valence-electron chi connectivity index (χ2n) is 3.73. The number of alkyl halides is 1. The molecule has 1 unspecified atom stereocenters. The first-order valence-electron chi connectivity index (χ1n) is 5.05. The summed E-state index contributed by atoms with van der Waals surface area (Å²) in [6.45, 7) is 1.52. The van der Waals surface area contributed by atoms with Gasteiger partial charge in [-0.25, -0.2) is 4.39 Å².